The van der Waals surface area contributed by atoms with E-state index in [2.05, 4.69) is 13.8 Å². The van der Waals surface area contributed by atoms with Gasteiger partial charge in [-0.2, -0.15) is 0 Å². The first-order chi connectivity index (χ1) is 10.3. The van der Waals surface area contributed by atoms with Gasteiger partial charge in [-0.25, -0.2) is 0 Å². The Kier molecular flexibility index (Phi) is 14.4. The van der Waals surface area contributed by atoms with Crippen LogP contribution in [-0.2, 0) is 0 Å². The molecule has 134 valence electrons. The van der Waals surface area contributed by atoms with E-state index in [1.165, 1.54) is 121 Å². The fraction of sp³-hybridized carbons (Fsp3) is 1.00. The van der Waals surface area contributed by atoms with Crippen LogP contribution in [0.5, 0.6) is 0 Å². The maximum atomic E-state index is 2.37. The zero-order chi connectivity index (χ0) is 15.2. The standard InChI is InChI=1S/C20H42N.FH/c1-3-5-6-7-8-9-10-11-12-14-18-21(17-4-2)19-15-13-16-20-21;/h3-20H2,1-2H3;1H/q+1;/p-1. The van der Waals surface area contributed by atoms with Gasteiger partial charge >= 0.3 is 0 Å². The molecule has 0 aromatic heterocycles. The van der Waals surface area contributed by atoms with Gasteiger partial charge in [-0.1, -0.05) is 65.2 Å². The van der Waals surface area contributed by atoms with Crippen LogP contribution in [0, 0.1) is 0 Å². The zero-order valence-corrected chi connectivity index (χ0v) is 15.6. The minimum Gasteiger partial charge on any atom is -1.00 e. The van der Waals surface area contributed by atoms with Gasteiger partial charge < -0.3 is 9.19 Å². The van der Waals surface area contributed by atoms with Gasteiger partial charge in [0.2, 0.25) is 0 Å². The van der Waals surface area contributed by atoms with Crippen LogP contribution >= 0.6 is 0 Å². The molecule has 0 bridgehead atoms. The minimum absolute atomic E-state index is 0. The van der Waals surface area contributed by atoms with Crippen LogP contribution in [0.4, 0.5) is 0 Å². The van der Waals surface area contributed by atoms with E-state index >= 15 is 0 Å². The highest BCUT2D eigenvalue weighted by molar-refractivity contribution is 4.55. The summed E-state index contributed by atoms with van der Waals surface area (Å²) in [5.41, 5.74) is 0. The van der Waals surface area contributed by atoms with Crippen molar-refractivity contribution >= 4 is 0 Å². The van der Waals surface area contributed by atoms with Gasteiger partial charge in [0.1, 0.15) is 0 Å². The third kappa shape index (κ3) is 9.82. The molecule has 0 radical (unpaired) electrons. The van der Waals surface area contributed by atoms with Crippen LogP contribution in [0.3, 0.4) is 0 Å². The average molecular weight is 316 g/mol. The van der Waals surface area contributed by atoms with Crippen LogP contribution in [0.25, 0.3) is 0 Å². The van der Waals surface area contributed by atoms with E-state index in [9.17, 15) is 0 Å². The smallest absolute Gasteiger partial charge is 0.0786 e. The normalized spacial score (nSPS) is 17.2. The highest BCUT2D eigenvalue weighted by Gasteiger charge is 2.27. The first kappa shape index (κ1) is 21.9. The number of piperidine rings is 1. The molecule has 1 saturated heterocycles. The summed E-state index contributed by atoms with van der Waals surface area (Å²) in [4.78, 5) is 0. The molecular weight excluding hydrogens is 273 g/mol. The Morgan fingerprint density at radius 1 is 0.545 bits per heavy atom. The summed E-state index contributed by atoms with van der Waals surface area (Å²) >= 11 is 0. The van der Waals surface area contributed by atoms with Gasteiger partial charge in [0.25, 0.3) is 0 Å². The largest absolute Gasteiger partial charge is 1.00 e. The summed E-state index contributed by atoms with van der Waals surface area (Å²) in [7, 11) is 0. The predicted octanol–water partition coefficient (Wildman–Crippen LogP) is 3.32. The molecule has 1 heterocycles. The lowest BCUT2D eigenvalue weighted by Crippen LogP contribution is -3.00. The third-order valence-electron chi connectivity index (χ3n) is 5.45. The zero-order valence-electron chi connectivity index (χ0n) is 15.6. The van der Waals surface area contributed by atoms with E-state index in [4.69, 9.17) is 0 Å². The van der Waals surface area contributed by atoms with Crippen molar-refractivity contribution in [1.82, 2.24) is 0 Å². The highest BCUT2D eigenvalue weighted by Crippen LogP contribution is 2.21. The summed E-state index contributed by atoms with van der Waals surface area (Å²) in [6.07, 6.45) is 20.5. The number of halogens is 1. The second-order valence-corrected chi connectivity index (χ2v) is 7.48. The summed E-state index contributed by atoms with van der Waals surface area (Å²) in [5.74, 6) is 0. The lowest BCUT2D eigenvalue weighted by Gasteiger charge is -2.41. The van der Waals surface area contributed by atoms with Gasteiger partial charge in [0.05, 0.1) is 26.2 Å². The number of quaternary nitrogens is 1. The Hall–Kier alpha value is -0.110. The second kappa shape index (κ2) is 14.5. The lowest BCUT2D eigenvalue weighted by atomic mass is 10.0. The molecule has 1 aliphatic heterocycles. The van der Waals surface area contributed by atoms with Crippen LogP contribution in [0.2, 0.25) is 0 Å². The molecule has 0 aromatic rings. The van der Waals surface area contributed by atoms with Gasteiger partial charge in [-0.3, -0.25) is 0 Å². The number of rotatable bonds is 13. The molecule has 1 rings (SSSR count). The maximum Gasteiger partial charge on any atom is 0.0786 e. The monoisotopic (exact) mass is 315 g/mol. The second-order valence-electron chi connectivity index (χ2n) is 7.48. The van der Waals surface area contributed by atoms with Crippen LogP contribution in [-0.4, -0.2) is 30.7 Å². The van der Waals surface area contributed by atoms with E-state index in [-0.39, 0.29) is 4.70 Å². The van der Waals surface area contributed by atoms with E-state index in [1.54, 1.807) is 0 Å². The Bertz CT molecular complexity index is 218. The first-order valence-electron chi connectivity index (χ1n) is 10.2. The van der Waals surface area contributed by atoms with Crippen LogP contribution < -0.4 is 4.70 Å². The Labute approximate surface area is 139 Å². The molecule has 0 unspecified atom stereocenters. The van der Waals surface area contributed by atoms with Crippen LogP contribution in [0.15, 0.2) is 0 Å². The lowest BCUT2D eigenvalue weighted by molar-refractivity contribution is -0.932. The third-order valence-corrected chi connectivity index (χ3v) is 5.45. The molecule has 1 aliphatic rings. The predicted molar refractivity (Wildman–Crippen MR) is 95.7 cm³/mol. The van der Waals surface area contributed by atoms with Gasteiger partial charge in [0, 0.05) is 0 Å². The number of hydrogen-bond acceptors (Lipinski definition) is 0. The summed E-state index contributed by atoms with van der Waals surface area (Å²) in [6, 6.07) is 0. The van der Waals surface area contributed by atoms with Crippen molar-refractivity contribution < 1.29 is 9.19 Å². The average Bonchev–Trinajstić information content (AvgIpc) is 2.50. The van der Waals surface area contributed by atoms with Crippen molar-refractivity contribution in [3.8, 4) is 0 Å². The Morgan fingerprint density at radius 3 is 1.55 bits per heavy atom. The van der Waals surface area contributed by atoms with Crippen LogP contribution in [0.1, 0.15) is 104 Å². The Morgan fingerprint density at radius 2 is 1.05 bits per heavy atom. The molecule has 0 aromatic carbocycles. The van der Waals surface area contributed by atoms with E-state index < -0.39 is 0 Å². The number of likely N-dealkylation sites (tertiary alicyclic amines) is 1. The molecule has 22 heavy (non-hydrogen) atoms. The molecule has 0 amide bonds. The molecule has 1 fully saturated rings. The van der Waals surface area contributed by atoms with Crippen molar-refractivity contribution in [2.45, 2.75) is 104 Å². The van der Waals surface area contributed by atoms with E-state index in [1.807, 2.05) is 0 Å². The Balaban J connectivity index is 0.00000441. The molecule has 0 aliphatic carbocycles. The van der Waals surface area contributed by atoms with Crippen molar-refractivity contribution in [1.29, 1.82) is 0 Å². The molecule has 0 atom stereocenters. The van der Waals surface area contributed by atoms with Gasteiger partial charge in [-0.15, -0.1) is 0 Å². The first-order valence-corrected chi connectivity index (χ1v) is 10.2. The fourth-order valence-corrected chi connectivity index (χ4v) is 4.15. The SMILES string of the molecule is CCCCCCCCCCCC[N+]1(CCC)CCCCC1.[F-]. The molecule has 2 heteroatoms. The summed E-state index contributed by atoms with van der Waals surface area (Å²) < 4.78 is 1.47. The summed E-state index contributed by atoms with van der Waals surface area (Å²) in [6.45, 7) is 10.5. The molecule has 0 spiro atoms. The highest BCUT2D eigenvalue weighted by atomic mass is 19.0. The van der Waals surface area contributed by atoms with E-state index in [0.29, 0.717) is 0 Å². The molecule has 1 nitrogen and oxygen atoms in total. The number of nitrogens with zero attached hydrogens (tertiary/aromatic N) is 1. The molecule has 0 N–H and O–H groups in total. The van der Waals surface area contributed by atoms with Gasteiger partial charge in [-0.05, 0) is 38.5 Å². The number of unbranched alkanes of at least 4 members (excludes halogenated alkanes) is 9. The minimum atomic E-state index is 0. The van der Waals surface area contributed by atoms with Gasteiger partial charge in [0.15, 0.2) is 0 Å². The fourth-order valence-electron chi connectivity index (χ4n) is 4.15. The topological polar surface area (TPSA) is 0 Å². The molecular formula is C20H42FN. The van der Waals surface area contributed by atoms with Crippen molar-refractivity contribution in [2.75, 3.05) is 26.2 Å². The maximum absolute atomic E-state index is 2.37. The van der Waals surface area contributed by atoms with Crippen molar-refractivity contribution in [3.63, 3.8) is 0 Å². The number of hydrogen-bond donors (Lipinski definition) is 0. The van der Waals surface area contributed by atoms with E-state index in [0.717, 1.165) is 0 Å². The quantitative estimate of drug-likeness (QED) is 0.361. The summed E-state index contributed by atoms with van der Waals surface area (Å²) in [5, 5.41) is 0. The van der Waals surface area contributed by atoms with Crippen molar-refractivity contribution in [3.05, 3.63) is 0 Å². The molecule has 0 saturated carbocycles. The van der Waals surface area contributed by atoms with Crippen molar-refractivity contribution in [2.24, 2.45) is 0 Å².